The van der Waals surface area contributed by atoms with Gasteiger partial charge in [0.05, 0.1) is 0 Å². The Morgan fingerprint density at radius 3 is 2.85 bits per heavy atom. The molecule has 0 saturated carbocycles. The van der Waals surface area contributed by atoms with E-state index in [4.69, 9.17) is 0 Å². The molecule has 110 valence electrons. The molecular weight excluding hydrogens is 264 g/mol. The van der Waals surface area contributed by atoms with Crippen LogP contribution in [-0.4, -0.2) is 42.1 Å². The van der Waals surface area contributed by atoms with E-state index < -0.39 is 0 Å². The van der Waals surface area contributed by atoms with Crippen LogP contribution in [0.3, 0.4) is 0 Å². The van der Waals surface area contributed by atoms with Crippen molar-refractivity contribution in [1.82, 2.24) is 10.2 Å². The summed E-state index contributed by atoms with van der Waals surface area (Å²) in [5.41, 5.74) is 1.44. The van der Waals surface area contributed by atoms with E-state index in [1.807, 2.05) is 0 Å². The third-order valence-corrected chi connectivity index (χ3v) is 5.80. The Kier molecular flexibility index (Phi) is 5.40. The number of hydrogen-bond acceptors (Lipinski definition) is 3. The van der Waals surface area contributed by atoms with Gasteiger partial charge in [-0.25, -0.2) is 0 Å². The van der Waals surface area contributed by atoms with Crippen LogP contribution in [0.2, 0.25) is 0 Å². The summed E-state index contributed by atoms with van der Waals surface area (Å²) in [6.07, 6.45) is 5.56. The van der Waals surface area contributed by atoms with Gasteiger partial charge in [0.25, 0.3) is 0 Å². The SMILES string of the molecule is c1ccc(C2CN(CC3CCCCS3)CCCN2)cc1. The molecule has 0 aromatic heterocycles. The molecule has 2 aliphatic heterocycles. The minimum Gasteiger partial charge on any atom is -0.309 e. The van der Waals surface area contributed by atoms with Gasteiger partial charge in [0.1, 0.15) is 0 Å². The summed E-state index contributed by atoms with van der Waals surface area (Å²) >= 11 is 2.20. The van der Waals surface area contributed by atoms with Crippen LogP contribution in [0, 0.1) is 0 Å². The van der Waals surface area contributed by atoms with Crippen molar-refractivity contribution >= 4 is 11.8 Å². The van der Waals surface area contributed by atoms with Gasteiger partial charge in [-0.05, 0) is 43.7 Å². The van der Waals surface area contributed by atoms with Crippen molar-refractivity contribution < 1.29 is 0 Å². The van der Waals surface area contributed by atoms with Crippen LogP contribution in [0.5, 0.6) is 0 Å². The summed E-state index contributed by atoms with van der Waals surface area (Å²) in [7, 11) is 0. The topological polar surface area (TPSA) is 15.3 Å². The number of rotatable bonds is 3. The second-order valence-corrected chi connectivity index (χ2v) is 7.43. The van der Waals surface area contributed by atoms with Gasteiger partial charge in [0.2, 0.25) is 0 Å². The molecule has 2 saturated heterocycles. The molecule has 2 unspecified atom stereocenters. The van der Waals surface area contributed by atoms with Crippen LogP contribution < -0.4 is 5.32 Å². The minimum absolute atomic E-state index is 0.507. The Labute approximate surface area is 127 Å². The summed E-state index contributed by atoms with van der Waals surface area (Å²) in [6, 6.07) is 11.4. The van der Waals surface area contributed by atoms with E-state index >= 15 is 0 Å². The van der Waals surface area contributed by atoms with E-state index in [0.717, 1.165) is 11.8 Å². The standard InChI is InChI=1S/C17H26N2S/c1-2-7-15(8-3-1)17-14-19(11-6-10-18-17)13-16-9-4-5-12-20-16/h1-3,7-8,16-18H,4-6,9-14H2. The molecule has 1 aromatic carbocycles. The van der Waals surface area contributed by atoms with Crippen molar-refractivity contribution in [2.75, 3.05) is 31.9 Å². The van der Waals surface area contributed by atoms with Crippen LogP contribution in [0.25, 0.3) is 0 Å². The predicted molar refractivity (Wildman–Crippen MR) is 88.3 cm³/mol. The average Bonchev–Trinajstić information content (AvgIpc) is 2.75. The summed E-state index contributed by atoms with van der Waals surface area (Å²) < 4.78 is 0. The zero-order chi connectivity index (χ0) is 13.6. The molecular formula is C17H26N2S. The van der Waals surface area contributed by atoms with Crippen LogP contribution in [0.15, 0.2) is 30.3 Å². The highest BCUT2D eigenvalue weighted by Crippen LogP contribution is 2.27. The van der Waals surface area contributed by atoms with E-state index in [2.05, 4.69) is 52.3 Å². The van der Waals surface area contributed by atoms with Crippen molar-refractivity contribution in [3.63, 3.8) is 0 Å². The fourth-order valence-electron chi connectivity index (χ4n) is 3.31. The first-order valence-corrected chi connectivity index (χ1v) is 9.09. The van der Waals surface area contributed by atoms with Crippen LogP contribution in [0.1, 0.15) is 37.3 Å². The Morgan fingerprint density at radius 1 is 1.15 bits per heavy atom. The lowest BCUT2D eigenvalue weighted by Crippen LogP contribution is -2.36. The second kappa shape index (κ2) is 7.48. The molecule has 2 atom stereocenters. The third-order valence-electron chi connectivity index (χ3n) is 4.42. The first-order valence-electron chi connectivity index (χ1n) is 8.04. The normalized spacial score (nSPS) is 29.0. The van der Waals surface area contributed by atoms with Crippen molar-refractivity contribution in [3.8, 4) is 0 Å². The van der Waals surface area contributed by atoms with Gasteiger partial charge < -0.3 is 10.2 Å². The maximum absolute atomic E-state index is 3.72. The molecule has 0 amide bonds. The highest BCUT2D eigenvalue weighted by Gasteiger charge is 2.22. The van der Waals surface area contributed by atoms with Gasteiger partial charge in [0.15, 0.2) is 0 Å². The molecule has 0 bridgehead atoms. The molecule has 0 spiro atoms. The lowest BCUT2D eigenvalue weighted by atomic mass is 10.1. The molecule has 20 heavy (non-hydrogen) atoms. The number of nitrogens with one attached hydrogen (secondary N) is 1. The summed E-state index contributed by atoms with van der Waals surface area (Å²) in [5.74, 6) is 1.37. The Bertz CT molecular complexity index is 389. The molecule has 0 radical (unpaired) electrons. The monoisotopic (exact) mass is 290 g/mol. The van der Waals surface area contributed by atoms with Gasteiger partial charge in [0, 0.05) is 24.4 Å². The van der Waals surface area contributed by atoms with Crippen molar-refractivity contribution in [2.45, 2.75) is 37.0 Å². The van der Waals surface area contributed by atoms with Gasteiger partial charge in [-0.15, -0.1) is 0 Å². The Hall–Kier alpha value is -0.510. The lowest BCUT2D eigenvalue weighted by Gasteiger charge is -2.30. The van der Waals surface area contributed by atoms with E-state index in [1.54, 1.807) is 0 Å². The first-order chi connectivity index (χ1) is 9.92. The molecule has 2 aliphatic rings. The fourth-order valence-corrected chi connectivity index (χ4v) is 4.66. The van der Waals surface area contributed by atoms with Gasteiger partial charge in [-0.1, -0.05) is 36.8 Å². The minimum atomic E-state index is 0.507. The number of hydrogen-bond donors (Lipinski definition) is 1. The maximum Gasteiger partial charge on any atom is 0.0449 e. The molecule has 3 heteroatoms. The summed E-state index contributed by atoms with van der Waals surface area (Å²) in [5, 5.41) is 4.59. The van der Waals surface area contributed by atoms with Gasteiger partial charge in [-0.2, -0.15) is 11.8 Å². The average molecular weight is 290 g/mol. The number of benzene rings is 1. The molecule has 0 aliphatic carbocycles. The highest BCUT2D eigenvalue weighted by molar-refractivity contribution is 7.99. The Balaban J connectivity index is 1.60. The van der Waals surface area contributed by atoms with Crippen LogP contribution in [-0.2, 0) is 0 Å². The largest absolute Gasteiger partial charge is 0.309 e. The van der Waals surface area contributed by atoms with E-state index in [9.17, 15) is 0 Å². The van der Waals surface area contributed by atoms with Crippen molar-refractivity contribution in [2.24, 2.45) is 0 Å². The Morgan fingerprint density at radius 2 is 2.05 bits per heavy atom. The second-order valence-electron chi connectivity index (χ2n) is 6.02. The summed E-state index contributed by atoms with van der Waals surface area (Å²) in [4.78, 5) is 2.70. The van der Waals surface area contributed by atoms with Crippen molar-refractivity contribution in [1.29, 1.82) is 0 Å². The molecule has 2 nitrogen and oxygen atoms in total. The lowest BCUT2D eigenvalue weighted by molar-refractivity contribution is 0.265. The van der Waals surface area contributed by atoms with Gasteiger partial charge in [-0.3, -0.25) is 0 Å². The first kappa shape index (κ1) is 14.4. The summed E-state index contributed by atoms with van der Waals surface area (Å²) in [6.45, 7) is 4.86. The number of thioether (sulfide) groups is 1. The van der Waals surface area contributed by atoms with E-state index in [1.165, 1.54) is 56.6 Å². The predicted octanol–water partition coefficient (Wildman–Crippen LogP) is 3.31. The van der Waals surface area contributed by atoms with Crippen LogP contribution >= 0.6 is 11.8 Å². The van der Waals surface area contributed by atoms with E-state index in [0.29, 0.717) is 6.04 Å². The molecule has 2 fully saturated rings. The van der Waals surface area contributed by atoms with Crippen LogP contribution in [0.4, 0.5) is 0 Å². The zero-order valence-corrected chi connectivity index (χ0v) is 13.1. The van der Waals surface area contributed by atoms with Gasteiger partial charge >= 0.3 is 0 Å². The molecule has 1 aromatic rings. The van der Waals surface area contributed by atoms with Crippen molar-refractivity contribution in [3.05, 3.63) is 35.9 Å². The zero-order valence-electron chi connectivity index (χ0n) is 12.3. The fraction of sp³-hybridized carbons (Fsp3) is 0.647. The quantitative estimate of drug-likeness (QED) is 0.919. The third kappa shape index (κ3) is 4.00. The van der Waals surface area contributed by atoms with E-state index in [-0.39, 0.29) is 0 Å². The number of nitrogens with zero attached hydrogens (tertiary/aromatic N) is 1. The molecule has 2 heterocycles. The molecule has 1 N–H and O–H groups in total. The smallest absolute Gasteiger partial charge is 0.0449 e. The molecule has 3 rings (SSSR count). The maximum atomic E-state index is 3.72. The highest BCUT2D eigenvalue weighted by atomic mass is 32.2.